The molecule has 24 heavy (non-hydrogen) atoms. The monoisotopic (exact) mass is 335 g/mol. The van der Waals surface area contributed by atoms with Crippen molar-refractivity contribution in [1.29, 1.82) is 0 Å². The van der Waals surface area contributed by atoms with Crippen molar-refractivity contribution in [2.75, 3.05) is 23.7 Å². The molecule has 1 aromatic rings. The number of rotatable bonds is 2. The van der Waals surface area contributed by atoms with Crippen LogP contribution in [0.4, 0.5) is 22.1 Å². The van der Waals surface area contributed by atoms with E-state index >= 15 is 0 Å². The Morgan fingerprint density at radius 2 is 2.08 bits per heavy atom. The molecular weight excluding hydrogens is 314 g/mol. The molecule has 2 atom stereocenters. The van der Waals surface area contributed by atoms with Gasteiger partial charge in [-0.15, -0.1) is 0 Å². The average Bonchev–Trinajstić information content (AvgIpc) is 3.04. The van der Waals surface area contributed by atoms with Gasteiger partial charge in [0.05, 0.1) is 17.0 Å². The van der Waals surface area contributed by atoms with Gasteiger partial charge in [0, 0.05) is 19.2 Å². The summed E-state index contributed by atoms with van der Waals surface area (Å²) in [4.78, 5) is 30.5. The minimum absolute atomic E-state index is 0.0584. The predicted octanol–water partition coefficient (Wildman–Crippen LogP) is 1.77. The Balaban J connectivity index is 1.71. The maximum Gasteiger partial charge on any atom is 0.410 e. The number of amides is 1. The van der Waals surface area contributed by atoms with Gasteiger partial charge in [-0.2, -0.15) is 0 Å². The quantitative estimate of drug-likeness (QED) is 0.647. The molecule has 0 saturated carbocycles. The molecule has 9 heteroatoms. The van der Waals surface area contributed by atoms with Gasteiger partial charge < -0.3 is 20.3 Å². The molecule has 0 unspecified atom stereocenters. The Morgan fingerprint density at radius 3 is 2.58 bits per heavy atom. The highest BCUT2D eigenvalue weighted by Gasteiger charge is 2.47. The van der Waals surface area contributed by atoms with Crippen LogP contribution in [0.5, 0.6) is 0 Å². The van der Waals surface area contributed by atoms with Gasteiger partial charge in [0.2, 0.25) is 5.82 Å². The second-order valence-corrected chi connectivity index (χ2v) is 7.16. The molecule has 2 fully saturated rings. The first-order valence-corrected chi connectivity index (χ1v) is 7.83. The number of fused-ring (bicyclic) bond motifs is 2. The van der Waals surface area contributed by atoms with E-state index in [2.05, 4.69) is 4.98 Å². The summed E-state index contributed by atoms with van der Waals surface area (Å²) in [6.07, 6.45) is 0.531. The van der Waals surface area contributed by atoms with Crippen LogP contribution in [0, 0.1) is 10.1 Å². The Kier molecular flexibility index (Phi) is 3.73. The van der Waals surface area contributed by atoms with Gasteiger partial charge in [-0.25, -0.2) is 9.78 Å². The first-order chi connectivity index (χ1) is 11.2. The SMILES string of the molecule is CC(C)(C)OC(=O)N1C[C@@H]2C[C@H]1CN2c1ccc([N+](=O)[O-])c(N)n1. The van der Waals surface area contributed by atoms with Crippen LogP contribution in [-0.2, 0) is 4.74 Å². The van der Waals surface area contributed by atoms with Gasteiger partial charge in [0.25, 0.3) is 0 Å². The topological polar surface area (TPSA) is 115 Å². The van der Waals surface area contributed by atoms with E-state index in [4.69, 9.17) is 10.5 Å². The zero-order chi connectivity index (χ0) is 17.6. The minimum Gasteiger partial charge on any atom is -0.444 e. The molecule has 2 saturated heterocycles. The number of nitro groups is 1. The van der Waals surface area contributed by atoms with Crippen LogP contribution < -0.4 is 10.6 Å². The molecular formula is C15H21N5O4. The smallest absolute Gasteiger partial charge is 0.410 e. The number of anilines is 2. The first kappa shape index (κ1) is 16.3. The molecule has 0 aromatic carbocycles. The number of nitrogens with zero attached hydrogens (tertiary/aromatic N) is 4. The number of hydrogen-bond donors (Lipinski definition) is 1. The summed E-state index contributed by atoms with van der Waals surface area (Å²) in [5.74, 6) is 0.513. The van der Waals surface area contributed by atoms with E-state index in [0.717, 1.165) is 6.42 Å². The molecule has 9 nitrogen and oxygen atoms in total. The van der Waals surface area contributed by atoms with Crippen molar-refractivity contribution in [1.82, 2.24) is 9.88 Å². The fourth-order valence-corrected chi connectivity index (χ4v) is 3.26. The molecule has 3 rings (SSSR count). The van der Waals surface area contributed by atoms with Crippen molar-refractivity contribution in [3.05, 3.63) is 22.2 Å². The highest BCUT2D eigenvalue weighted by molar-refractivity contribution is 5.70. The molecule has 2 N–H and O–H groups in total. The van der Waals surface area contributed by atoms with Crippen LogP contribution in [-0.4, -0.2) is 51.7 Å². The van der Waals surface area contributed by atoms with Crippen molar-refractivity contribution in [2.24, 2.45) is 0 Å². The van der Waals surface area contributed by atoms with Crippen LogP contribution in [0.3, 0.4) is 0 Å². The minimum atomic E-state index is -0.549. The van der Waals surface area contributed by atoms with Crippen LogP contribution in [0.15, 0.2) is 12.1 Å². The molecule has 2 bridgehead atoms. The summed E-state index contributed by atoms with van der Waals surface area (Å²) in [5, 5.41) is 10.8. The second-order valence-electron chi connectivity index (χ2n) is 7.16. The molecule has 0 radical (unpaired) electrons. The Hall–Kier alpha value is -2.58. The predicted molar refractivity (Wildman–Crippen MR) is 87.8 cm³/mol. The number of ether oxygens (including phenoxy) is 1. The summed E-state index contributed by atoms with van der Waals surface area (Å²) in [5.41, 5.74) is 4.95. The molecule has 2 aliphatic heterocycles. The Morgan fingerprint density at radius 1 is 1.38 bits per heavy atom. The van der Waals surface area contributed by atoms with Gasteiger partial charge in [0.1, 0.15) is 11.4 Å². The second kappa shape index (κ2) is 5.50. The van der Waals surface area contributed by atoms with Crippen molar-refractivity contribution in [2.45, 2.75) is 44.9 Å². The van der Waals surface area contributed by atoms with Crippen LogP contribution in [0.25, 0.3) is 0 Å². The third kappa shape index (κ3) is 2.93. The molecule has 1 aromatic heterocycles. The summed E-state index contributed by atoms with van der Waals surface area (Å²) in [6, 6.07) is 3.15. The number of aromatic nitrogens is 1. The lowest BCUT2D eigenvalue weighted by molar-refractivity contribution is -0.384. The molecule has 1 amide bonds. The average molecular weight is 335 g/mol. The van der Waals surface area contributed by atoms with Crippen molar-refractivity contribution < 1.29 is 14.5 Å². The van der Waals surface area contributed by atoms with Crippen molar-refractivity contribution in [3.8, 4) is 0 Å². The van der Waals surface area contributed by atoms with E-state index in [0.29, 0.717) is 18.9 Å². The number of hydrogen-bond acceptors (Lipinski definition) is 7. The lowest BCUT2D eigenvalue weighted by Gasteiger charge is -2.35. The number of pyridine rings is 1. The van der Waals surface area contributed by atoms with E-state index < -0.39 is 10.5 Å². The standard InChI is InChI=1S/C15H21N5O4/c1-15(2,3)24-14(21)19-8-9-6-10(19)7-18(9)12-5-4-11(20(22)23)13(16)17-12/h4-5,9-10H,6-8H2,1-3H3,(H2,16,17)/t9-,10-/m0/s1. The Bertz CT molecular complexity index is 687. The van der Waals surface area contributed by atoms with Crippen molar-refractivity contribution in [3.63, 3.8) is 0 Å². The normalized spacial score (nSPS) is 22.8. The zero-order valence-electron chi connectivity index (χ0n) is 13.9. The number of carbonyl (C=O) groups excluding carboxylic acids is 1. The maximum atomic E-state index is 12.2. The maximum absolute atomic E-state index is 12.2. The van der Waals surface area contributed by atoms with Crippen LogP contribution in [0.2, 0.25) is 0 Å². The molecule has 3 heterocycles. The van der Waals surface area contributed by atoms with Crippen molar-refractivity contribution >= 4 is 23.4 Å². The van der Waals surface area contributed by atoms with Gasteiger partial charge >= 0.3 is 11.8 Å². The number of piperazine rings is 1. The zero-order valence-corrected chi connectivity index (χ0v) is 13.9. The largest absolute Gasteiger partial charge is 0.444 e. The summed E-state index contributed by atoms with van der Waals surface area (Å²) < 4.78 is 5.43. The summed E-state index contributed by atoms with van der Waals surface area (Å²) >= 11 is 0. The Labute approximate surface area is 139 Å². The third-order valence-corrected chi connectivity index (χ3v) is 4.25. The lowest BCUT2D eigenvalue weighted by Crippen LogP contribution is -2.50. The van der Waals surface area contributed by atoms with Gasteiger partial charge in [-0.05, 0) is 33.3 Å². The number of nitrogen functional groups attached to an aromatic ring is 1. The molecule has 0 aliphatic carbocycles. The lowest BCUT2D eigenvalue weighted by atomic mass is 10.2. The van der Waals surface area contributed by atoms with Crippen LogP contribution >= 0.6 is 0 Å². The summed E-state index contributed by atoms with van der Waals surface area (Å²) in [7, 11) is 0. The fraction of sp³-hybridized carbons (Fsp3) is 0.600. The van der Waals surface area contributed by atoms with Gasteiger partial charge in [-0.3, -0.25) is 10.1 Å². The van der Waals surface area contributed by atoms with E-state index in [9.17, 15) is 14.9 Å². The van der Waals surface area contributed by atoms with E-state index in [1.807, 2.05) is 25.7 Å². The summed E-state index contributed by atoms with van der Waals surface area (Å²) in [6.45, 7) is 6.70. The number of carbonyl (C=O) groups is 1. The fourth-order valence-electron chi connectivity index (χ4n) is 3.26. The molecule has 0 spiro atoms. The molecule has 2 aliphatic rings. The van der Waals surface area contributed by atoms with Crippen LogP contribution in [0.1, 0.15) is 27.2 Å². The number of likely N-dealkylation sites (tertiary alicyclic amines) is 1. The number of nitrogens with two attached hydrogens (primary N) is 1. The van der Waals surface area contributed by atoms with Gasteiger partial charge in [0.15, 0.2) is 0 Å². The van der Waals surface area contributed by atoms with E-state index in [-0.39, 0.29) is 29.7 Å². The first-order valence-electron chi connectivity index (χ1n) is 7.83. The molecule has 130 valence electrons. The third-order valence-electron chi connectivity index (χ3n) is 4.25. The van der Waals surface area contributed by atoms with E-state index in [1.54, 1.807) is 11.0 Å². The highest BCUT2D eigenvalue weighted by atomic mass is 16.6. The van der Waals surface area contributed by atoms with E-state index in [1.165, 1.54) is 6.07 Å². The van der Waals surface area contributed by atoms with Gasteiger partial charge in [-0.1, -0.05) is 0 Å². The highest BCUT2D eigenvalue weighted by Crippen LogP contribution is 2.35.